The van der Waals surface area contributed by atoms with E-state index in [-0.39, 0.29) is 11.5 Å². The highest BCUT2D eigenvalue weighted by Crippen LogP contribution is 2.36. The number of hydrogen-bond donors (Lipinski definition) is 0. The number of amides is 1. The van der Waals surface area contributed by atoms with E-state index in [1.165, 1.54) is 44.1 Å². The molecule has 1 saturated carbocycles. The van der Waals surface area contributed by atoms with Crippen molar-refractivity contribution in [2.24, 2.45) is 5.92 Å². The number of nitrogens with zero attached hydrogens (tertiary/aromatic N) is 2. The Balaban J connectivity index is 1.24. The number of para-hydroxylation sites is 1. The van der Waals surface area contributed by atoms with Gasteiger partial charge in [0.1, 0.15) is 11.4 Å². The van der Waals surface area contributed by atoms with Gasteiger partial charge in [0.15, 0.2) is 0 Å². The molecule has 4 nitrogen and oxygen atoms in total. The van der Waals surface area contributed by atoms with Crippen LogP contribution in [-0.4, -0.2) is 54.0 Å². The van der Waals surface area contributed by atoms with Gasteiger partial charge in [-0.25, -0.2) is 0 Å². The predicted octanol–water partition coefficient (Wildman–Crippen LogP) is 5.57. The number of benzene rings is 2. The van der Waals surface area contributed by atoms with Crippen molar-refractivity contribution in [3.63, 3.8) is 0 Å². The summed E-state index contributed by atoms with van der Waals surface area (Å²) in [5, 5.41) is 0. The zero-order valence-corrected chi connectivity index (χ0v) is 19.9. The summed E-state index contributed by atoms with van der Waals surface area (Å²) in [4.78, 5) is 18.2. The molecule has 2 aromatic carbocycles. The molecule has 0 unspecified atom stereocenters. The minimum Gasteiger partial charge on any atom is -0.484 e. The Morgan fingerprint density at radius 1 is 0.909 bits per heavy atom. The van der Waals surface area contributed by atoms with Crippen LogP contribution in [0.4, 0.5) is 0 Å². The van der Waals surface area contributed by atoms with Crippen LogP contribution in [-0.2, 0) is 6.42 Å². The predicted molar refractivity (Wildman–Crippen MR) is 133 cm³/mol. The molecule has 2 aromatic rings. The second-order valence-corrected chi connectivity index (χ2v) is 10.4. The van der Waals surface area contributed by atoms with Crippen LogP contribution in [0.15, 0.2) is 54.6 Å². The normalized spacial score (nSPS) is 21.5. The molecule has 0 N–H and O–H groups in total. The minimum atomic E-state index is -0.257. The SMILES string of the molecule is O=C1c2ccccc2OC2(CCN(CCCc3ccccc3)CC2)CN1CC1CCCCC1. The van der Waals surface area contributed by atoms with Crippen LogP contribution in [0, 0.1) is 5.92 Å². The molecule has 176 valence electrons. The minimum absolute atomic E-state index is 0.165. The molecular formula is C29H38N2O2. The van der Waals surface area contributed by atoms with E-state index in [0.29, 0.717) is 5.92 Å². The van der Waals surface area contributed by atoms with Crippen LogP contribution in [0.2, 0.25) is 0 Å². The maximum absolute atomic E-state index is 13.5. The summed E-state index contributed by atoms with van der Waals surface area (Å²) in [5.41, 5.74) is 1.91. The fourth-order valence-corrected chi connectivity index (χ4v) is 6.01. The molecule has 1 aliphatic carbocycles. The Labute approximate surface area is 198 Å². The molecule has 5 rings (SSSR count). The van der Waals surface area contributed by atoms with Gasteiger partial charge >= 0.3 is 0 Å². The molecule has 0 aromatic heterocycles. The van der Waals surface area contributed by atoms with E-state index in [0.717, 1.165) is 63.3 Å². The molecule has 2 aliphatic heterocycles. The lowest BCUT2D eigenvalue weighted by Gasteiger charge is -2.43. The Kier molecular flexibility index (Phi) is 7.01. The van der Waals surface area contributed by atoms with Crippen LogP contribution < -0.4 is 4.74 Å². The lowest BCUT2D eigenvalue weighted by Crippen LogP contribution is -2.54. The molecule has 0 atom stereocenters. The van der Waals surface area contributed by atoms with Crippen molar-refractivity contribution < 1.29 is 9.53 Å². The van der Waals surface area contributed by atoms with Gasteiger partial charge in [-0.3, -0.25) is 4.79 Å². The van der Waals surface area contributed by atoms with Gasteiger partial charge in [0.25, 0.3) is 5.91 Å². The van der Waals surface area contributed by atoms with Gasteiger partial charge < -0.3 is 14.5 Å². The summed E-state index contributed by atoms with van der Waals surface area (Å²) < 4.78 is 6.71. The van der Waals surface area contributed by atoms with E-state index >= 15 is 0 Å². The van der Waals surface area contributed by atoms with Crippen LogP contribution in [0.5, 0.6) is 5.75 Å². The van der Waals surface area contributed by atoms with Crippen molar-refractivity contribution >= 4 is 5.91 Å². The first-order valence-electron chi connectivity index (χ1n) is 13.0. The number of carbonyl (C=O) groups is 1. The molecule has 1 amide bonds. The van der Waals surface area contributed by atoms with Gasteiger partial charge in [-0.15, -0.1) is 0 Å². The third-order valence-corrected chi connectivity index (χ3v) is 7.96. The number of carbonyl (C=O) groups excluding carboxylic acids is 1. The van der Waals surface area contributed by atoms with Gasteiger partial charge in [0.2, 0.25) is 0 Å². The third-order valence-electron chi connectivity index (χ3n) is 7.96. The Bertz CT molecular complexity index is 914. The molecule has 1 spiro atoms. The fourth-order valence-electron chi connectivity index (χ4n) is 6.01. The first-order valence-corrected chi connectivity index (χ1v) is 13.0. The van der Waals surface area contributed by atoms with E-state index in [9.17, 15) is 4.79 Å². The first-order chi connectivity index (χ1) is 16.2. The molecule has 4 heteroatoms. The molecule has 2 heterocycles. The van der Waals surface area contributed by atoms with Crippen molar-refractivity contribution in [2.75, 3.05) is 32.7 Å². The second kappa shape index (κ2) is 10.3. The molecule has 2 fully saturated rings. The molecule has 1 saturated heterocycles. The van der Waals surface area contributed by atoms with Gasteiger partial charge in [-0.05, 0) is 55.8 Å². The van der Waals surface area contributed by atoms with E-state index in [2.05, 4.69) is 40.1 Å². The maximum Gasteiger partial charge on any atom is 0.257 e. The highest BCUT2D eigenvalue weighted by molar-refractivity contribution is 5.97. The van der Waals surface area contributed by atoms with Crippen molar-refractivity contribution in [2.45, 2.75) is 63.4 Å². The molecule has 33 heavy (non-hydrogen) atoms. The lowest BCUT2D eigenvalue weighted by atomic mass is 9.87. The molecular weight excluding hydrogens is 408 g/mol. The number of ether oxygens (including phenoxy) is 1. The van der Waals surface area contributed by atoms with Crippen molar-refractivity contribution in [1.82, 2.24) is 9.80 Å². The van der Waals surface area contributed by atoms with Gasteiger partial charge in [-0.2, -0.15) is 0 Å². The summed E-state index contributed by atoms with van der Waals surface area (Å²) in [7, 11) is 0. The van der Waals surface area contributed by atoms with Crippen LogP contribution in [0.1, 0.15) is 67.3 Å². The zero-order valence-electron chi connectivity index (χ0n) is 19.9. The van der Waals surface area contributed by atoms with Gasteiger partial charge in [0, 0.05) is 32.5 Å². The van der Waals surface area contributed by atoms with E-state index in [1.807, 2.05) is 24.3 Å². The van der Waals surface area contributed by atoms with E-state index in [4.69, 9.17) is 4.74 Å². The molecule has 3 aliphatic rings. The quantitative estimate of drug-likeness (QED) is 0.582. The Morgan fingerprint density at radius 3 is 2.42 bits per heavy atom. The number of fused-ring (bicyclic) bond motifs is 1. The van der Waals surface area contributed by atoms with Crippen molar-refractivity contribution in [1.29, 1.82) is 0 Å². The maximum atomic E-state index is 13.5. The summed E-state index contributed by atoms with van der Waals surface area (Å²) in [6.45, 7) is 4.84. The number of rotatable bonds is 6. The zero-order chi connectivity index (χ0) is 22.5. The van der Waals surface area contributed by atoms with Crippen LogP contribution >= 0.6 is 0 Å². The monoisotopic (exact) mass is 446 g/mol. The topological polar surface area (TPSA) is 32.8 Å². The van der Waals surface area contributed by atoms with Crippen LogP contribution in [0.25, 0.3) is 0 Å². The van der Waals surface area contributed by atoms with Crippen molar-refractivity contribution in [3.05, 3.63) is 65.7 Å². The Morgan fingerprint density at radius 2 is 1.64 bits per heavy atom. The van der Waals surface area contributed by atoms with Crippen LogP contribution in [0.3, 0.4) is 0 Å². The highest BCUT2D eigenvalue weighted by atomic mass is 16.5. The standard InChI is InChI=1S/C29H38N2O2/c32-28-26-15-7-8-16-27(26)33-29(23-31(28)22-25-12-5-2-6-13-25)17-20-30(21-18-29)19-9-14-24-10-3-1-4-11-24/h1,3-4,7-8,10-11,15-16,25H,2,5-6,9,12-14,17-23H2. The summed E-state index contributed by atoms with van der Waals surface area (Å²) >= 11 is 0. The van der Waals surface area contributed by atoms with E-state index < -0.39 is 0 Å². The lowest BCUT2D eigenvalue weighted by molar-refractivity contribution is -0.0180. The van der Waals surface area contributed by atoms with E-state index in [1.54, 1.807) is 0 Å². The van der Waals surface area contributed by atoms with Gasteiger partial charge in [-0.1, -0.05) is 61.7 Å². The number of aryl methyl sites for hydroxylation is 1. The number of likely N-dealkylation sites (tertiary alicyclic amines) is 1. The number of hydrogen-bond acceptors (Lipinski definition) is 3. The fraction of sp³-hybridized carbons (Fsp3) is 0.552. The summed E-state index contributed by atoms with van der Waals surface area (Å²) in [6.07, 6.45) is 10.8. The smallest absolute Gasteiger partial charge is 0.257 e. The molecule has 0 radical (unpaired) electrons. The summed E-state index contributed by atoms with van der Waals surface area (Å²) in [6, 6.07) is 18.7. The van der Waals surface area contributed by atoms with Crippen molar-refractivity contribution in [3.8, 4) is 5.75 Å². The first kappa shape index (κ1) is 22.5. The largest absolute Gasteiger partial charge is 0.484 e. The van der Waals surface area contributed by atoms with Gasteiger partial charge in [0.05, 0.1) is 12.1 Å². The third kappa shape index (κ3) is 5.43. The summed E-state index contributed by atoms with van der Waals surface area (Å²) in [5.74, 6) is 1.59. The Hall–Kier alpha value is -2.33. The average Bonchev–Trinajstić information content (AvgIpc) is 2.96. The molecule has 0 bridgehead atoms. The average molecular weight is 447 g/mol. The highest BCUT2D eigenvalue weighted by Gasteiger charge is 2.43. The number of piperidine rings is 1. The second-order valence-electron chi connectivity index (χ2n) is 10.4.